The van der Waals surface area contributed by atoms with Gasteiger partial charge in [0.25, 0.3) is 11.8 Å². The molecule has 0 saturated carbocycles. The molecular weight excluding hydrogens is 551 g/mol. The third-order valence-electron chi connectivity index (χ3n) is 6.01. The van der Waals surface area contributed by atoms with E-state index in [1.807, 2.05) is 0 Å². The van der Waals surface area contributed by atoms with Gasteiger partial charge in [-0.3, -0.25) is 9.59 Å². The number of carbonyl (C=O) groups is 2. The van der Waals surface area contributed by atoms with Crippen molar-refractivity contribution in [2.24, 2.45) is 0 Å². The number of benzene rings is 2. The van der Waals surface area contributed by atoms with E-state index in [1.165, 1.54) is 7.11 Å². The molecule has 0 aliphatic carbocycles. The Morgan fingerprint density at radius 1 is 1.07 bits per heavy atom. The number of halogens is 4. The van der Waals surface area contributed by atoms with E-state index in [4.69, 9.17) is 21.1 Å². The second-order valence-corrected chi connectivity index (χ2v) is 9.07. The number of nitrogens with one attached hydrogen (secondary N) is 2. The summed E-state index contributed by atoms with van der Waals surface area (Å²) in [5, 5.41) is 4.99. The minimum absolute atomic E-state index is 0.0274. The highest BCUT2D eigenvalue weighted by Gasteiger charge is 2.37. The Labute approximate surface area is 230 Å². The molecule has 0 bridgehead atoms. The van der Waals surface area contributed by atoms with Crippen LogP contribution in [0.3, 0.4) is 0 Å². The summed E-state index contributed by atoms with van der Waals surface area (Å²) in [6.45, 7) is 0. The van der Waals surface area contributed by atoms with Gasteiger partial charge in [0.1, 0.15) is 35.3 Å². The SMILES string of the molecule is COc1ccc(C[C@@H]2Oc3cc(F)cnc3NC(=O)C2NC(=O)c2ncc(Cl)c(-c3ccc(F)cc3F)n2)cc1. The molecule has 40 heavy (non-hydrogen) atoms. The Hall–Kier alpha value is -4.71. The van der Waals surface area contributed by atoms with Crippen molar-refractivity contribution < 1.29 is 32.2 Å². The first kappa shape index (κ1) is 26.9. The molecule has 1 unspecified atom stereocenters. The van der Waals surface area contributed by atoms with Crippen molar-refractivity contribution in [1.82, 2.24) is 20.3 Å². The number of nitrogens with zero attached hydrogens (tertiary/aromatic N) is 3. The smallest absolute Gasteiger partial charge is 0.289 e. The number of rotatable bonds is 6. The molecular formula is C27H19ClF3N5O4. The molecule has 9 nitrogen and oxygen atoms in total. The lowest BCUT2D eigenvalue weighted by molar-refractivity contribution is -0.119. The van der Waals surface area contributed by atoms with Crippen LogP contribution in [0.2, 0.25) is 5.02 Å². The van der Waals surface area contributed by atoms with Crippen molar-refractivity contribution in [2.45, 2.75) is 18.6 Å². The summed E-state index contributed by atoms with van der Waals surface area (Å²) in [6.07, 6.45) is 1.09. The molecule has 2 N–H and O–H groups in total. The predicted octanol–water partition coefficient (Wildman–Crippen LogP) is 4.36. The Kier molecular flexibility index (Phi) is 7.52. The van der Waals surface area contributed by atoms with Crippen molar-refractivity contribution in [3.05, 3.63) is 94.8 Å². The van der Waals surface area contributed by atoms with Gasteiger partial charge in [-0.25, -0.2) is 28.1 Å². The van der Waals surface area contributed by atoms with Gasteiger partial charge >= 0.3 is 0 Å². The average molecular weight is 570 g/mol. The van der Waals surface area contributed by atoms with Gasteiger partial charge in [0.2, 0.25) is 5.82 Å². The van der Waals surface area contributed by atoms with Crippen molar-refractivity contribution >= 4 is 29.2 Å². The average Bonchev–Trinajstić information content (AvgIpc) is 3.05. The maximum atomic E-state index is 14.4. The zero-order valence-corrected chi connectivity index (χ0v) is 21.4. The number of methoxy groups -OCH3 is 1. The van der Waals surface area contributed by atoms with Gasteiger partial charge in [0.15, 0.2) is 11.6 Å². The van der Waals surface area contributed by atoms with Crippen LogP contribution in [0.5, 0.6) is 11.5 Å². The molecule has 13 heteroatoms. The minimum atomic E-state index is -1.32. The van der Waals surface area contributed by atoms with E-state index in [-0.39, 0.29) is 34.3 Å². The lowest BCUT2D eigenvalue weighted by Crippen LogP contribution is -2.53. The Morgan fingerprint density at radius 3 is 2.58 bits per heavy atom. The molecule has 4 aromatic rings. The Balaban J connectivity index is 1.46. The summed E-state index contributed by atoms with van der Waals surface area (Å²) in [4.78, 5) is 38.3. The van der Waals surface area contributed by atoms with Gasteiger partial charge in [0.05, 0.1) is 30.2 Å². The summed E-state index contributed by atoms with van der Waals surface area (Å²) >= 11 is 6.14. The molecule has 2 atom stereocenters. The van der Waals surface area contributed by atoms with Crippen LogP contribution >= 0.6 is 11.6 Å². The first-order valence-corrected chi connectivity index (χ1v) is 12.1. The van der Waals surface area contributed by atoms with Gasteiger partial charge in [-0.2, -0.15) is 0 Å². The third kappa shape index (κ3) is 5.66. The Bertz CT molecular complexity index is 1610. The normalized spacial score (nSPS) is 16.3. The number of aromatic nitrogens is 3. The molecule has 1 aliphatic rings. The molecule has 5 rings (SSSR count). The molecule has 204 valence electrons. The standard InChI is InChI=1S/C27H19ClF3N5O4/c1-39-16-5-2-13(3-6-16)8-20-23(26(37)36-24-21(40-20)10-15(30)11-32-24)35-27(38)25-33-12-18(28)22(34-25)17-7-4-14(29)9-19(17)31/h2-7,9-12,20,23H,8H2,1H3,(H,35,38)(H,32,36,37)/t20-,23?/m0/s1. The van der Waals surface area contributed by atoms with E-state index in [0.29, 0.717) is 11.8 Å². The fraction of sp³-hybridized carbons (Fsp3) is 0.148. The highest BCUT2D eigenvalue weighted by Crippen LogP contribution is 2.30. The van der Waals surface area contributed by atoms with Crippen LogP contribution in [0.25, 0.3) is 11.3 Å². The maximum absolute atomic E-state index is 14.4. The van der Waals surface area contributed by atoms with Crippen molar-refractivity contribution in [2.75, 3.05) is 12.4 Å². The topological polar surface area (TPSA) is 115 Å². The van der Waals surface area contributed by atoms with Crippen LogP contribution in [0.1, 0.15) is 16.2 Å². The molecule has 0 spiro atoms. The van der Waals surface area contributed by atoms with Crippen LogP contribution in [0, 0.1) is 17.5 Å². The summed E-state index contributed by atoms with van der Waals surface area (Å²) in [5.74, 6) is -3.92. The predicted molar refractivity (Wildman–Crippen MR) is 138 cm³/mol. The number of anilines is 1. The first-order chi connectivity index (χ1) is 19.2. The third-order valence-corrected chi connectivity index (χ3v) is 6.29. The van der Waals surface area contributed by atoms with Gasteiger partial charge in [-0.15, -0.1) is 0 Å². The van der Waals surface area contributed by atoms with Crippen LogP contribution in [0.4, 0.5) is 19.0 Å². The van der Waals surface area contributed by atoms with Crippen LogP contribution in [-0.2, 0) is 11.2 Å². The second-order valence-electron chi connectivity index (χ2n) is 8.66. The van der Waals surface area contributed by atoms with E-state index < -0.39 is 47.2 Å². The lowest BCUT2D eigenvalue weighted by atomic mass is 10.0. The maximum Gasteiger partial charge on any atom is 0.289 e. The second kappa shape index (κ2) is 11.2. The zero-order valence-electron chi connectivity index (χ0n) is 20.6. The summed E-state index contributed by atoms with van der Waals surface area (Å²) in [5.41, 5.74) is 0.421. The molecule has 2 amide bonds. The monoisotopic (exact) mass is 569 g/mol. The molecule has 3 heterocycles. The van der Waals surface area contributed by atoms with Crippen LogP contribution in [0.15, 0.2) is 60.9 Å². The van der Waals surface area contributed by atoms with Gasteiger partial charge < -0.3 is 20.1 Å². The van der Waals surface area contributed by atoms with E-state index in [2.05, 4.69) is 25.6 Å². The fourth-order valence-corrected chi connectivity index (χ4v) is 4.26. The molecule has 2 aromatic heterocycles. The fourth-order valence-electron chi connectivity index (χ4n) is 4.06. The first-order valence-electron chi connectivity index (χ1n) is 11.8. The van der Waals surface area contributed by atoms with E-state index in [0.717, 1.165) is 36.2 Å². The molecule has 1 aliphatic heterocycles. The molecule has 0 fully saturated rings. The van der Waals surface area contributed by atoms with Crippen LogP contribution < -0.4 is 20.1 Å². The largest absolute Gasteiger partial charge is 0.497 e. The van der Waals surface area contributed by atoms with Gasteiger partial charge in [-0.05, 0) is 29.8 Å². The molecule has 0 radical (unpaired) electrons. The zero-order chi connectivity index (χ0) is 28.4. The van der Waals surface area contributed by atoms with E-state index in [1.54, 1.807) is 24.3 Å². The van der Waals surface area contributed by atoms with Crippen molar-refractivity contribution in [3.8, 4) is 22.8 Å². The number of carbonyl (C=O) groups excluding carboxylic acids is 2. The molecule has 0 saturated heterocycles. The van der Waals surface area contributed by atoms with E-state index >= 15 is 0 Å². The highest BCUT2D eigenvalue weighted by molar-refractivity contribution is 6.33. The van der Waals surface area contributed by atoms with Crippen LogP contribution in [-0.4, -0.2) is 46.0 Å². The van der Waals surface area contributed by atoms with Crippen molar-refractivity contribution in [1.29, 1.82) is 0 Å². The Morgan fingerprint density at radius 2 is 1.85 bits per heavy atom. The number of pyridine rings is 1. The summed E-state index contributed by atoms with van der Waals surface area (Å²) < 4.78 is 52.9. The number of amides is 2. The van der Waals surface area contributed by atoms with Gasteiger partial charge in [0, 0.05) is 24.1 Å². The van der Waals surface area contributed by atoms with E-state index in [9.17, 15) is 22.8 Å². The number of ether oxygens (including phenoxy) is 2. The number of fused-ring (bicyclic) bond motifs is 1. The number of hydrogen-bond donors (Lipinski definition) is 2. The number of hydrogen-bond acceptors (Lipinski definition) is 7. The quantitative estimate of drug-likeness (QED) is 0.354. The minimum Gasteiger partial charge on any atom is -0.497 e. The molecule has 2 aromatic carbocycles. The lowest BCUT2D eigenvalue weighted by Gasteiger charge is -2.25. The highest BCUT2D eigenvalue weighted by atomic mass is 35.5. The summed E-state index contributed by atoms with van der Waals surface area (Å²) in [6, 6.07) is 9.47. The van der Waals surface area contributed by atoms with Crippen molar-refractivity contribution in [3.63, 3.8) is 0 Å². The summed E-state index contributed by atoms with van der Waals surface area (Å²) in [7, 11) is 1.52. The van der Waals surface area contributed by atoms with Gasteiger partial charge in [-0.1, -0.05) is 23.7 Å².